The van der Waals surface area contributed by atoms with E-state index in [9.17, 15) is 9.59 Å². The number of methoxy groups -OCH3 is 1. The third-order valence-electron chi connectivity index (χ3n) is 5.28. The summed E-state index contributed by atoms with van der Waals surface area (Å²) in [6.45, 7) is 0.404. The van der Waals surface area contributed by atoms with Crippen LogP contribution in [0.4, 0.5) is 11.4 Å². The lowest BCUT2D eigenvalue weighted by molar-refractivity contribution is -0.124. The van der Waals surface area contributed by atoms with Crippen LogP contribution in [0, 0.1) is 0 Å². The van der Waals surface area contributed by atoms with E-state index in [1.165, 1.54) is 4.90 Å². The van der Waals surface area contributed by atoms with Crippen molar-refractivity contribution >= 4 is 40.5 Å². The first-order valence-electron chi connectivity index (χ1n) is 10.2. The maximum Gasteiger partial charge on any atom is 0.256 e. The molecule has 3 aromatic rings. The molecule has 0 aromatic heterocycles. The minimum absolute atomic E-state index is 0.00659. The van der Waals surface area contributed by atoms with Crippen molar-refractivity contribution in [3.8, 4) is 5.75 Å². The molecule has 0 unspecified atom stereocenters. The largest absolute Gasteiger partial charge is 0.497 e. The van der Waals surface area contributed by atoms with Gasteiger partial charge in [-0.1, -0.05) is 48.5 Å². The number of amides is 2. The van der Waals surface area contributed by atoms with Gasteiger partial charge in [0, 0.05) is 12.2 Å². The number of ether oxygens (including phenoxy) is 1. The van der Waals surface area contributed by atoms with Crippen LogP contribution < -0.4 is 15.0 Å². The van der Waals surface area contributed by atoms with Gasteiger partial charge in [0.25, 0.3) is 5.91 Å². The number of thiocarbonyl (C=S) groups is 1. The van der Waals surface area contributed by atoms with Crippen molar-refractivity contribution in [1.82, 2.24) is 4.90 Å². The first kappa shape index (κ1) is 21.5. The van der Waals surface area contributed by atoms with Crippen LogP contribution in [0.15, 0.2) is 84.9 Å². The molecule has 1 aliphatic heterocycles. The number of para-hydroxylation sites is 2. The van der Waals surface area contributed by atoms with Crippen LogP contribution in [0.2, 0.25) is 0 Å². The van der Waals surface area contributed by atoms with Crippen LogP contribution in [0.25, 0.3) is 0 Å². The highest BCUT2D eigenvalue weighted by Crippen LogP contribution is 2.29. The van der Waals surface area contributed by atoms with Crippen molar-refractivity contribution in [1.29, 1.82) is 0 Å². The number of nitrogens with one attached hydrogen (secondary N) is 1. The van der Waals surface area contributed by atoms with Crippen molar-refractivity contribution in [2.24, 2.45) is 0 Å². The van der Waals surface area contributed by atoms with Gasteiger partial charge in [-0.25, -0.2) is 0 Å². The van der Waals surface area contributed by atoms with Gasteiger partial charge >= 0.3 is 0 Å². The summed E-state index contributed by atoms with van der Waals surface area (Å²) in [6, 6.07) is 25.3. The number of anilines is 2. The van der Waals surface area contributed by atoms with Crippen molar-refractivity contribution in [3.63, 3.8) is 0 Å². The number of carbonyl (C=O) groups excluding carboxylic acids is 2. The number of rotatable bonds is 7. The second-order valence-corrected chi connectivity index (χ2v) is 7.77. The zero-order valence-electron chi connectivity index (χ0n) is 17.6. The summed E-state index contributed by atoms with van der Waals surface area (Å²) in [7, 11) is 1.61. The predicted molar refractivity (Wildman–Crippen MR) is 129 cm³/mol. The maximum atomic E-state index is 13.4. The van der Waals surface area contributed by atoms with Gasteiger partial charge < -0.3 is 15.0 Å². The second kappa shape index (κ2) is 9.62. The minimum Gasteiger partial charge on any atom is -0.497 e. The summed E-state index contributed by atoms with van der Waals surface area (Å²) in [5, 5.41) is 3.25. The van der Waals surface area contributed by atoms with Crippen LogP contribution in [0.5, 0.6) is 5.75 Å². The molecule has 1 aliphatic rings. The molecule has 0 aliphatic carbocycles. The Kier molecular flexibility index (Phi) is 6.47. The Hall–Kier alpha value is -3.71. The molecule has 0 spiro atoms. The third kappa shape index (κ3) is 4.63. The molecule has 0 radical (unpaired) electrons. The van der Waals surface area contributed by atoms with E-state index in [0.29, 0.717) is 23.0 Å². The van der Waals surface area contributed by atoms with Crippen LogP contribution in [0.1, 0.15) is 12.0 Å². The van der Waals surface area contributed by atoms with E-state index < -0.39 is 6.04 Å². The summed E-state index contributed by atoms with van der Waals surface area (Å²) in [4.78, 5) is 29.5. The van der Waals surface area contributed by atoms with E-state index >= 15 is 0 Å². The second-order valence-electron chi connectivity index (χ2n) is 7.40. The van der Waals surface area contributed by atoms with Gasteiger partial charge in [0.05, 0.1) is 19.2 Å². The Balaban J connectivity index is 1.59. The summed E-state index contributed by atoms with van der Waals surface area (Å²) >= 11 is 5.70. The lowest BCUT2D eigenvalue weighted by Crippen LogP contribution is -2.37. The number of hydrogen-bond donors (Lipinski definition) is 1. The normalized spacial score (nSPS) is 15.7. The molecular weight excluding hydrogens is 422 g/mol. The van der Waals surface area contributed by atoms with Gasteiger partial charge in [-0.2, -0.15) is 0 Å². The van der Waals surface area contributed by atoms with Gasteiger partial charge in [0.1, 0.15) is 11.8 Å². The number of nitrogens with zero attached hydrogens (tertiary/aromatic N) is 2. The maximum absolute atomic E-state index is 13.4. The third-order valence-corrected chi connectivity index (χ3v) is 5.70. The quantitative estimate of drug-likeness (QED) is 0.552. The van der Waals surface area contributed by atoms with Crippen molar-refractivity contribution < 1.29 is 14.3 Å². The lowest BCUT2D eigenvalue weighted by Gasteiger charge is -2.24. The Bertz CT molecular complexity index is 1100. The zero-order valence-corrected chi connectivity index (χ0v) is 18.4. The molecule has 1 N–H and O–H groups in total. The Labute approximate surface area is 192 Å². The SMILES string of the molecule is COc1ccc(CN2C(=S)N(c3ccccc3)C(=O)[C@H]2CC(=O)Nc2ccccc2)cc1. The molecule has 0 saturated carbocycles. The fourth-order valence-corrected chi connectivity index (χ4v) is 4.05. The average molecular weight is 446 g/mol. The fraction of sp³-hybridized carbons (Fsp3) is 0.160. The molecule has 7 heteroatoms. The molecule has 162 valence electrons. The van der Waals surface area contributed by atoms with Gasteiger partial charge in [-0.3, -0.25) is 14.5 Å². The van der Waals surface area contributed by atoms with Crippen LogP contribution >= 0.6 is 12.2 Å². The molecule has 32 heavy (non-hydrogen) atoms. The van der Waals surface area contributed by atoms with Crippen LogP contribution in [-0.2, 0) is 16.1 Å². The smallest absolute Gasteiger partial charge is 0.256 e. The minimum atomic E-state index is -0.700. The van der Waals surface area contributed by atoms with Crippen molar-refractivity contribution in [2.75, 3.05) is 17.3 Å². The lowest BCUT2D eigenvalue weighted by atomic mass is 10.1. The first-order chi connectivity index (χ1) is 15.6. The van der Waals surface area contributed by atoms with E-state index in [4.69, 9.17) is 17.0 Å². The number of hydrogen-bond acceptors (Lipinski definition) is 4. The summed E-state index contributed by atoms with van der Waals surface area (Å²) in [5.74, 6) is 0.295. The first-order valence-corrected chi connectivity index (χ1v) is 10.6. The molecule has 3 aromatic carbocycles. The van der Waals surface area contributed by atoms with E-state index in [1.54, 1.807) is 7.11 Å². The predicted octanol–water partition coefficient (Wildman–Crippen LogP) is 4.23. The van der Waals surface area contributed by atoms with E-state index in [2.05, 4.69) is 5.32 Å². The standard InChI is InChI=1S/C25H23N3O3S/c1-31-21-14-12-18(13-15-21)17-27-22(16-23(29)26-19-8-4-2-5-9-19)24(30)28(25(27)32)20-10-6-3-7-11-20/h2-15,22H,16-17H2,1H3,(H,26,29)/t22-/m1/s1. The van der Waals surface area contributed by atoms with Crippen LogP contribution in [0.3, 0.4) is 0 Å². The molecular formula is C25H23N3O3S. The highest BCUT2D eigenvalue weighted by molar-refractivity contribution is 7.80. The summed E-state index contributed by atoms with van der Waals surface area (Å²) < 4.78 is 5.23. The van der Waals surface area contributed by atoms with Gasteiger partial charge in [0.2, 0.25) is 5.91 Å². The van der Waals surface area contributed by atoms with Gasteiger partial charge in [-0.05, 0) is 54.2 Å². The van der Waals surface area contributed by atoms with E-state index in [1.807, 2.05) is 89.8 Å². The molecule has 0 bridgehead atoms. The Morgan fingerprint density at radius 3 is 2.22 bits per heavy atom. The summed E-state index contributed by atoms with van der Waals surface area (Å²) in [6.07, 6.45) is -0.00659. The van der Waals surface area contributed by atoms with E-state index in [0.717, 1.165) is 11.3 Å². The molecule has 1 fully saturated rings. The van der Waals surface area contributed by atoms with E-state index in [-0.39, 0.29) is 18.2 Å². The highest BCUT2D eigenvalue weighted by atomic mass is 32.1. The fourth-order valence-electron chi connectivity index (χ4n) is 3.67. The van der Waals surface area contributed by atoms with Crippen molar-refractivity contribution in [2.45, 2.75) is 19.0 Å². The monoisotopic (exact) mass is 445 g/mol. The number of carbonyl (C=O) groups is 2. The topological polar surface area (TPSA) is 61.9 Å². The molecule has 1 atom stereocenters. The van der Waals surface area contributed by atoms with Crippen LogP contribution in [-0.4, -0.2) is 35.0 Å². The molecule has 2 amide bonds. The van der Waals surface area contributed by atoms with Gasteiger partial charge in [0.15, 0.2) is 5.11 Å². The molecule has 1 saturated heterocycles. The average Bonchev–Trinajstić information content (AvgIpc) is 3.04. The van der Waals surface area contributed by atoms with Crippen molar-refractivity contribution in [3.05, 3.63) is 90.5 Å². The molecule has 4 rings (SSSR count). The highest BCUT2D eigenvalue weighted by Gasteiger charge is 2.44. The Morgan fingerprint density at radius 2 is 1.59 bits per heavy atom. The summed E-state index contributed by atoms with van der Waals surface area (Å²) in [5.41, 5.74) is 2.34. The zero-order chi connectivity index (χ0) is 22.5. The molecule has 1 heterocycles. The Morgan fingerprint density at radius 1 is 0.969 bits per heavy atom. The molecule has 6 nitrogen and oxygen atoms in total. The number of benzene rings is 3. The van der Waals surface area contributed by atoms with Gasteiger partial charge in [-0.15, -0.1) is 0 Å².